The number of Topliss-reactive ketones (excluding diaryl/α,β-unsaturated/α-hetero) is 1. The van der Waals surface area contributed by atoms with E-state index in [2.05, 4.69) is 0 Å². The normalized spacial score (nSPS) is 11.9. The number of benzene rings is 1. The molecule has 102 valence electrons. The van der Waals surface area contributed by atoms with Crippen molar-refractivity contribution in [2.75, 3.05) is 0 Å². The number of phenols is 1. The fraction of sp³-hybridized carbons (Fsp3) is 0.250. The summed E-state index contributed by atoms with van der Waals surface area (Å²) in [6, 6.07) is 0.940. The van der Waals surface area contributed by atoms with E-state index in [9.17, 15) is 19.5 Å². The predicted molar refractivity (Wildman–Crippen MR) is 64.4 cm³/mol. The summed E-state index contributed by atoms with van der Waals surface area (Å²) in [5.41, 5.74) is 4.99. The number of carbonyl (C=O) groups is 3. The van der Waals surface area contributed by atoms with Crippen LogP contribution in [0.2, 0.25) is 0 Å². The third-order valence-electron chi connectivity index (χ3n) is 2.58. The van der Waals surface area contributed by atoms with Gasteiger partial charge >= 0.3 is 11.9 Å². The molecule has 1 aromatic rings. The number of carboxylic acid groups (broad SMARTS) is 2. The van der Waals surface area contributed by atoms with Crippen LogP contribution in [0.15, 0.2) is 12.1 Å². The summed E-state index contributed by atoms with van der Waals surface area (Å²) in [6.07, 6.45) is -0.300. The molecule has 0 saturated carbocycles. The second-order valence-corrected chi connectivity index (χ2v) is 4.04. The fourth-order valence-electron chi connectivity index (χ4n) is 1.62. The highest BCUT2D eigenvalue weighted by Gasteiger charge is 2.22. The number of carbonyl (C=O) groups excluding carboxylic acids is 1. The zero-order chi connectivity index (χ0) is 14.7. The monoisotopic (exact) mass is 267 g/mol. The van der Waals surface area contributed by atoms with E-state index in [-0.39, 0.29) is 23.3 Å². The number of rotatable bonds is 5. The van der Waals surface area contributed by atoms with Gasteiger partial charge in [-0.1, -0.05) is 0 Å². The van der Waals surface area contributed by atoms with Crippen molar-refractivity contribution in [2.45, 2.75) is 19.4 Å². The lowest BCUT2D eigenvalue weighted by atomic mass is 9.96. The molecule has 0 fully saturated rings. The molecule has 1 atom stereocenters. The van der Waals surface area contributed by atoms with Gasteiger partial charge in [-0.15, -0.1) is 0 Å². The van der Waals surface area contributed by atoms with E-state index in [0.717, 1.165) is 6.07 Å². The maximum Gasteiger partial charge on any atom is 0.339 e. The second-order valence-electron chi connectivity index (χ2n) is 4.04. The van der Waals surface area contributed by atoms with Crippen molar-refractivity contribution in [3.05, 3.63) is 28.8 Å². The number of ketones is 1. The van der Waals surface area contributed by atoms with Gasteiger partial charge in [0.2, 0.25) is 0 Å². The van der Waals surface area contributed by atoms with Crippen molar-refractivity contribution in [1.82, 2.24) is 0 Å². The van der Waals surface area contributed by atoms with Crippen molar-refractivity contribution in [3.63, 3.8) is 0 Å². The topological polar surface area (TPSA) is 138 Å². The Labute approximate surface area is 108 Å². The van der Waals surface area contributed by atoms with Crippen LogP contribution in [-0.4, -0.2) is 39.1 Å². The van der Waals surface area contributed by atoms with E-state index in [1.165, 1.54) is 13.0 Å². The summed E-state index contributed by atoms with van der Waals surface area (Å²) in [5, 5.41) is 27.3. The fourth-order valence-corrected chi connectivity index (χ4v) is 1.62. The molecular weight excluding hydrogens is 254 g/mol. The van der Waals surface area contributed by atoms with Gasteiger partial charge in [-0.3, -0.25) is 9.59 Å². The second kappa shape index (κ2) is 5.49. The van der Waals surface area contributed by atoms with Gasteiger partial charge < -0.3 is 21.1 Å². The van der Waals surface area contributed by atoms with Gasteiger partial charge in [0.15, 0.2) is 5.78 Å². The van der Waals surface area contributed by atoms with E-state index < -0.39 is 29.3 Å². The minimum absolute atomic E-state index is 0.00704. The number of aliphatic carboxylic acids is 1. The smallest absolute Gasteiger partial charge is 0.339 e. The van der Waals surface area contributed by atoms with Crippen LogP contribution in [0.25, 0.3) is 0 Å². The van der Waals surface area contributed by atoms with Gasteiger partial charge in [-0.05, 0) is 31.0 Å². The number of nitrogens with two attached hydrogens (primary N) is 1. The summed E-state index contributed by atoms with van der Waals surface area (Å²) in [7, 11) is 0. The Kier molecular flexibility index (Phi) is 4.23. The van der Waals surface area contributed by atoms with Crippen LogP contribution in [0.5, 0.6) is 5.75 Å². The first-order valence-corrected chi connectivity index (χ1v) is 5.32. The molecule has 1 aromatic carbocycles. The third-order valence-corrected chi connectivity index (χ3v) is 2.58. The minimum Gasteiger partial charge on any atom is -0.507 e. The number of carboxylic acids is 2. The largest absolute Gasteiger partial charge is 0.507 e. The van der Waals surface area contributed by atoms with Gasteiger partial charge in [0.25, 0.3) is 0 Å². The molecule has 0 heterocycles. The van der Waals surface area contributed by atoms with Gasteiger partial charge in [0, 0.05) is 5.56 Å². The van der Waals surface area contributed by atoms with Crippen LogP contribution in [-0.2, 0) is 11.2 Å². The first-order valence-electron chi connectivity index (χ1n) is 5.32. The van der Waals surface area contributed by atoms with Crippen LogP contribution in [0.4, 0.5) is 0 Å². The molecule has 7 nitrogen and oxygen atoms in total. The Hall–Kier alpha value is -2.41. The van der Waals surface area contributed by atoms with Gasteiger partial charge in [-0.2, -0.15) is 0 Å². The molecule has 7 heteroatoms. The molecule has 0 aromatic heterocycles. The predicted octanol–water partition coefficient (Wildman–Crippen LogP) is 0.247. The molecule has 0 amide bonds. The molecule has 5 N–H and O–H groups in total. The molecule has 0 aliphatic heterocycles. The summed E-state index contributed by atoms with van der Waals surface area (Å²) in [4.78, 5) is 33.0. The number of hydrogen-bond acceptors (Lipinski definition) is 5. The lowest BCUT2D eigenvalue weighted by Gasteiger charge is -2.12. The van der Waals surface area contributed by atoms with Crippen molar-refractivity contribution in [3.8, 4) is 5.75 Å². The maximum absolute atomic E-state index is 11.2. The summed E-state index contributed by atoms with van der Waals surface area (Å²) < 4.78 is 0. The van der Waals surface area contributed by atoms with Crippen LogP contribution in [0.1, 0.15) is 33.2 Å². The van der Waals surface area contributed by atoms with Crippen LogP contribution < -0.4 is 5.73 Å². The molecular formula is C12H13NO6. The Morgan fingerprint density at radius 1 is 1.26 bits per heavy atom. The van der Waals surface area contributed by atoms with Crippen LogP contribution in [0, 0.1) is 0 Å². The average Bonchev–Trinajstić information content (AvgIpc) is 2.27. The Bertz CT molecular complexity index is 551. The van der Waals surface area contributed by atoms with Gasteiger partial charge in [-0.25, -0.2) is 4.79 Å². The molecule has 0 bridgehead atoms. The average molecular weight is 267 g/mol. The summed E-state index contributed by atoms with van der Waals surface area (Å²) in [6.45, 7) is 1.25. The lowest BCUT2D eigenvalue weighted by molar-refractivity contribution is -0.138. The number of hydrogen-bond donors (Lipinski definition) is 4. The molecule has 0 aliphatic rings. The van der Waals surface area contributed by atoms with Crippen molar-refractivity contribution >= 4 is 17.7 Å². The molecule has 1 rings (SSSR count). The Morgan fingerprint density at radius 2 is 1.84 bits per heavy atom. The highest BCUT2D eigenvalue weighted by atomic mass is 16.4. The zero-order valence-electron chi connectivity index (χ0n) is 10.1. The number of aromatic hydroxyl groups is 1. The first-order chi connectivity index (χ1) is 8.73. The van der Waals surface area contributed by atoms with Crippen molar-refractivity contribution in [1.29, 1.82) is 0 Å². The highest BCUT2D eigenvalue weighted by Crippen LogP contribution is 2.25. The van der Waals surface area contributed by atoms with Crippen molar-refractivity contribution < 1.29 is 29.7 Å². The Morgan fingerprint density at radius 3 is 2.26 bits per heavy atom. The van der Waals surface area contributed by atoms with E-state index >= 15 is 0 Å². The molecule has 19 heavy (non-hydrogen) atoms. The molecule has 0 radical (unpaired) electrons. The highest BCUT2D eigenvalue weighted by molar-refractivity contribution is 5.98. The van der Waals surface area contributed by atoms with E-state index in [0.29, 0.717) is 0 Å². The molecule has 0 aliphatic carbocycles. The SMILES string of the molecule is CC(=O)c1cc(O)c(C(=O)O)c(C[C@H](N)C(=O)O)c1. The Balaban J connectivity index is 3.36. The maximum atomic E-state index is 11.2. The zero-order valence-corrected chi connectivity index (χ0v) is 10.1. The molecule has 0 unspecified atom stereocenters. The van der Waals surface area contributed by atoms with E-state index in [4.69, 9.17) is 15.9 Å². The van der Waals surface area contributed by atoms with Crippen molar-refractivity contribution in [2.24, 2.45) is 5.73 Å². The summed E-state index contributed by atoms with van der Waals surface area (Å²) in [5.74, 6) is -3.69. The first kappa shape index (κ1) is 14.7. The lowest BCUT2D eigenvalue weighted by Crippen LogP contribution is -2.32. The van der Waals surface area contributed by atoms with Gasteiger partial charge in [0.1, 0.15) is 17.4 Å². The van der Waals surface area contributed by atoms with Crippen LogP contribution in [0.3, 0.4) is 0 Å². The quantitative estimate of drug-likeness (QED) is 0.561. The van der Waals surface area contributed by atoms with Gasteiger partial charge in [0.05, 0.1) is 0 Å². The van der Waals surface area contributed by atoms with Crippen LogP contribution >= 0.6 is 0 Å². The van der Waals surface area contributed by atoms with E-state index in [1.807, 2.05) is 0 Å². The molecule has 0 spiro atoms. The summed E-state index contributed by atoms with van der Waals surface area (Å²) >= 11 is 0. The van der Waals surface area contributed by atoms with E-state index in [1.54, 1.807) is 0 Å². The standard InChI is InChI=1S/C12H13NO6/c1-5(14)6-2-7(3-8(13)11(16)17)10(12(18)19)9(15)4-6/h2,4,8,15H,3,13H2,1H3,(H,16,17)(H,18,19)/t8-/m0/s1. The third kappa shape index (κ3) is 3.29. The molecule has 0 saturated heterocycles. The number of aromatic carboxylic acids is 1. The minimum atomic E-state index is -1.42.